The van der Waals surface area contributed by atoms with E-state index in [1.807, 2.05) is 0 Å². The third-order valence-electron chi connectivity index (χ3n) is 4.95. The molecule has 1 fully saturated rings. The summed E-state index contributed by atoms with van der Waals surface area (Å²) in [6.07, 6.45) is -2.09. The van der Waals surface area contributed by atoms with E-state index in [0.717, 1.165) is 37.5 Å². The number of halogens is 4. The molecule has 1 heterocycles. The van der Waals surface area contributed by atoms with Crippen molar-refractivity contribution in [3.8, 4) is 0 Å². The average molecular weight is 461 g/mol. The molecule has 1 aliphatic heterocycles. The van der Waals surface area contributed by atoms with Crippen LogP contribution in [0.4, 0.5) is 18.9 Å². The van der Waals surface area contributed by atoms with E-state index in [2.05, 4.69) is 5.32 Å². The summed E-state index contributed by atoms with van der Waals surface area (Å²) in [6, 6.07) is 6.77. The Bertz CT molecular complexity index is 1070. The van der Waals surface area contributed by atoms with E-state index in [9.17, 15) is 26.4 Å². The van der Waals surface area contributed by atoms with Gasteiger partial charge in [-0.2, -0.15) is 17.5 Å². The Balaban J connectivity index is 1.91. The van der Waals surface area contributed by atoms with Gasteiger partial charge in [-0.3, -0.25) is 4.79 Å². The molecule has 0 unspecified atom stereocenters. The summed E-state index contributed by atoms with van der Waals surface area (Å²) < 4.78 is 66.0. The molecule has 2 aromatic carbocycles. The number of rotatable bonds is 4. The number of anilines is 1. The molecule has 0 atom stereocenters. The fourth-order valence-corrected chi connectivity index (χ4v) is 4.96. The van der Waals surface area contributed by atoms with Gasteiger partial charge in [0.05, 0.1) is 21.2 Å². The topological polar surface area (TPSA) is 66.5 Å². The summed E-state index contributed by atoms with van der Waals surface area (Å²) in [5, 5.41) is 2.29. The zero-order chi connectivity index (χ0) is 22.1. The number of alkyl halides is 3. The number of nitrogens with one attached hydrogen (secondary N) is 1. The molecule has 0 aromatic heterocycles. The standard InChI is InChI=1S/C20H20ClF3N2O3S/c1-13-5-7-15(30(28,29)26-9-3-2-4-10-26)12-16(13)19(27)25-18-11-14(20(22,23)24)6-8-17(18)21/h5-8,11-12H,2-4,9-10H2,1H3,(H,25,27). The van der Waals surface area contributed by atoms with Crippen molar-refractivity contribution in [2.45, 2.75) is 37.3 Å². The first-order valence-corrected chi connectivity index (χ1v) is 11.1. The van der Waals surface area contributed by atoms with Crippen molar-refractivity contribution in [3.63, 3.8) is 0 Å². The van der Waals surface area contributed by atoms with Gasteiger partial charge in [0.25, 0.3) is 5.91 Å². The van der Waals surface area contributed by atoms with Crippen LogP contribution in [-0.4, -0.2) is 31.7 Å². The maximum atomic E-state index is 13.0. The van der Waals surface area contributed by atoms with Gasteiger partial charge in [-0.05, 0) is 55.7 Å². The van der Waals surface area contributed by atoms with Gasteiger partial charge < -0.3 is 5.32 Å². The first-order chi connectivity index (χ1) is 14.0. The van der Waals surface area contributed by atoms with Crippen LogP contribution in [0.15, 0.2) is 41.3 Å². The summed E-state index contributed by atoms with van der Waals surface area (Å²) in [7, 11) is -3.76. The van der Waals surface area contributed by atoms with Crippen molar-refractivity contribution in [1.82, 2.24) is 4.31 Å². The molecule has 1 aliphatic rings. The molecule has 0 saturated carbocycles. The first-order valence-electron chi connectivity index (χ1n) is 9.29. The molecule has 0 spiro atoms. The van der Waals surface area contributed by atoms with Crippen LogP contribution in [0.1, 0.15) is 40.7 Å². The summed E-state index contributed by atoms with van der Waals surface area (Å²) >= 11 is 5.94. The molecule has 162 valence electrons. The zero-order valence-corrected chi connectivity index (χ0v) is 17.7. The minimum Gasteiger partial charge on any atom is -0.321 e. The van der Waals surface area contributed by atoms with Gasteiger partial charge in [0.15, 0.2) is 0 Å². The number of sulfonamides is 1. The SMILES string of the molecule is Cc1ccc(S(=O)(=O)N2CCCCC2)cc1C(=O)Nc1cc(C(F)(F)F)ccc1Cl. The van der Waals surface area contributed by atoms with Crippen molar-refractivity contribution in [2.75, 3.05) is 18.4 Å². The molecule has 30 heavy (non-hydrogen) atoms. The first kappa shape index (κ1) is 22.6. The van der Waals surface area contributed by atoms with Crippen molar-refractivity contribution < 1.29 is 26.4 Å². The lowest BCUT2D eigenvalue weighted by molar-refractivity contribution is -0.137. The lowest BCUT2D eigenvalue weighted by atomic mass is 10.1. The second-order valence-electron chi connectivity index (χ2n) is 7.09. The number of hydrogen-bond donors (Lipinski definition) is 1. The van der Waals surface area contributed by atoms with E-state index >= 15 is 0 Å². The maximum absolute atomic E-state index is 13.0. The predicted molar refractivity (Wildman–Crippen MR) is 108 cm³/mol. The van der Waals surface area contributed by atoms with Gasteiger partial charge in [0.2, 0.25) is 10.0 Å². The van der Waals surface area contributed by atoms with Crippen LogP contribution < -0.4 is 5.32 Å². The number of amides is 1. The van der Waals surface area contributed by atoms with Gasteiger partial charge in [0, 0.05) is 18.7 Å². The zero-order valence-electron chi connectivity index (χ0n) is 16.1. The highest BCUT2D eigenvalue weighted by Gasteiger charge is 2.31. The molecule has 0 radical (unpaired) electrons. The lowest BCUT2D eigenvalue weighted by Crippen LogP contribution is -2.35. The fraction of sp³-hybridized carbons (Fsp3) is 0.350. The normalized spacial score (nSPS) is 15.8. The van der Waals surface area contributed by atoms with E-state index in [0.29, 0.717) is 18.7 Å². The third kappa shape index (κ3) is 4.79. The van der Waals surface area contributed by atoms with Crippen molar-refractivity contribution >= 4 is 33.2 Å². The predicted octanol–water partition coefficient (Wildman–Crippen LogP) is 5.09. The molecule has 2 aromatic rings. The van der Waals surface area contributed by atoms with Crippen LogP contribution in [0.25, 0.3) is 0 Å². The Kier molecular flexibility index (Phi) is 6.45. The Labute approximate surface area is 177 Å². The number of hydrogen-bond acceptors (Lipinski definition) is 3. The van der Waals surface area contributed by atoms with E-state index in [4.69, 9.17) is 11.6 Å². The van der Waals surface area contributed by atoms with E-state index < -0.39 is 27.7 Å². The number of piperidine rings is 1. The number of carbonyl (C=O) groups is 1. The van der Waals surface area contributed by atoms with E-state index in [1.54, 1.807) is 6.92 Å². The second-order valence-corrected chi connectivity index (χ2v) is 9.43. The van der Waals surface area contributed by atoms with Gasteiger partial charge >= 0.3 is 6.18 Å². The summed E-state index contributed by atoms with van der Waals surface area (Å²) in [5.74, 6) is -0.746. The molecule has 1 N–H and O–H groups in total. The third-order valence-corrected chi connectivity index (χ3v) is 7.17. The highest BCUT2D eigenvalue weighted by molar-refractivity contribution is 7.89. The Morgan fingerprint density at radius 1 is 1.07 bits per heavy atom. The quantitative estimate of drug-likeness (QED) is 0.690. The number of carbonyl (C=O) groups excluding carboxylic acids is 1. The molecule has 10 heteroatoms. The minimum atomic E-state index is -4.59. The minimum absolute atomic E-state index is 0.0321. The monoisotopic (exact) mass is 460 g/mol. The van der Waals surface area contributed by atoms with E-state index in [-0.39, 0.29) is 21.2 Å². The Morgan fingerprint density at radius 3 is 2.37 bits per heavy atom. The Hall–Kier alpha value is -2.10. The van der Waals surface area contributed by atoms with Crippen LogP contribution >= 0.6 is 11.6 Å². The molecule has 3 rings (SSSR count). The second kappa shape index (κ2) is 8.56. The molecule has 1 amide bonds. The van der Waals surface area contributed by atoms with Crippen LogP contribution in [0, 0.1) is 6.92 Å². The highest BCUT2D eigenvalue weighted by Crippen LogP contribution is 2.34. The molecule has 1 saturated heterocycles. The van der Waals surface area contributed by atoms with Crippen molar-refractivity contribution in [2.24, 2.45) is 0 Å². The van der Waals surface area contributed by atoms with Crippen LogP contribution in [0.3, 0.4) is 0 Å². The van der Waals surface area contributed by atoms with Gasteiger partial charge in [-0.15, -0.1) is 0 Å². The fourth-order valence-electron chi connectivity index (χ4n) is 3.25. The molecule has 0 bridgehead atoms. The van der Waals surface area contributed by atoms with Gasteiger partial charge in [-0.25, -0.2) is 8.42 Å². The van der Waals surface area contributed by atoms with E-state index in [1.165, 1.54) is 22.5 Å². The summed E-state index contributed by atoms with van der Waals surface area (Å²) in [6.45, 7) is 2.44. The number of aryl methyl sites for hydroxylation is 1. The highest BCUT2D eigenvalue weighted by atomic mass is 35.5. The van der Waals surface area contributed by atoms with Gasteiger partial charge in [-0.1, -0.05) is 24.1 Å². The van der Waals surface area contributed by atoms with Crippen LogP contribution in [0.2, 0.25) is 5.02 Å². The van der Waals surface area contributed by atoms with Crippen molar-refractivity contribution in [1.29, 1.82) is 0 Å². The molecular weight excluding hydrogens is 441 g/mol. The van der Waals surface area contributed by atoms with Crippen LogP contribution in [0.5, 0.6) is 0 Å². The van der Waals surface area contributed by atoms with Gasteiger partial charge in [0.1, 0.15) is 0 Å². The smallest absolute Gasteiger partial charge is 0.321 e. The van der Waals surface area contributed by atoms with Crippen LogP contribution in [-0.2, 0) is 16.2 Å². The Morgan fingerprint density at radius 2 is 1.73 bits per heavy atom. The maximum Gasteiger partial charge on any atom is 0.416 e. The molecule has 0 aliphatic carbocycles. The summed E-state index contributed by atoms with van der Waals surface area (Å²) in [5.41, 5.74) is -0.643. The molecular formula is C20H20ClF3N2O3S. The lowest BCUT2D eigenvalue weighted by Gasteiger charge is -2.26. The largest absolute Gasteiger partial charge is 0.416 e. The average Bonchev–Trinajstić information content (AvgIpc) is 2.69. The summed E-state index contributed by atoms with van der Waals surface area (Å²) in [4.78, 5) is 12.7. The number of nitrogens with zero attached hydrogens (tertiary/aromatic N) is 1. The van der Waals surface area contributed by atoms with Crippen molar-refractivity contribution in [3.05, 3.63) is 58.1 Å². The number of benzene rings is 2. The molecule has 5 nitrogen and oxygen atoms in total.